The van der Waals surface area contributed by atoms with Crippen LogP contribution in [-0.4, -0.2) is 0 Å². The summed E-state index contributed by atoms with van der Waals surface area (Å²) in [4.78, 5) is 2.36. The highest BCUT2D eigenvalue weighted by Crippen LogP contribution is 2.52. The first-order valence-electron chi connectivity index (χ1n) is 23.1. The van der Waals surface area contributed by atoms with Gasteiger partial charge in [0.05, 0.1) is 0 Å². The van der Waals surface area contributed by atoms with E-state index in [1.807, 2.05) is 6.07 Å². The second kappa shape index (κ2) is 15.4. The van der Waals surface area contributed by atoms with Crippen molar-refractivity contribution in [3.63, 3.8) is 0 Å². The number of anilines is 3. The molecule has 0 bridgehead atoms. The largest absolute Gasteiger partial charge is 0.457 e. The van der Waals surface area contributed by atoms with Crippen molar-refractivity contribution in [3.8, 4) is 67.1 Å². The zero-order chi connectivity index (χ0) is 44.6. The summed E-state index contributed by atoms with van der Waals surface area (Å²) in [5, 5.41) is 2.56. The molecule has 1 aliphatic carbocycles. The zero-order valence-electron chi connectivity index (χ0n) is 37.7. The quantitative estimate of drug-likeness (QED) is 0.158. The molecule has 2 aliphatic rings. The molecule has 66 heavy (non-hydrogen) atoms. The molecular weight excluding hydrogens is 799 g/mol. The first-order chi connectivity index (χ1) is 32.2. The van der Waals surface area contributed by atoms with E-state index < -0.39 is 0 Å². The monoisotopic (exact) mass is 847 g/mol. The molecule has 0 spiro atoms. The lowest BCUT2D eigenvalue weighted by atomic mass is 9.75. The molecule has 2 nitrogen and oxygen atoms in total. The second-order valence-electron chi connectivity index (χ2n) is 18.9. The number of rotatable bonds is 7. The van der Waals surface area contributed by atoms with Crippen molar-refractivity contribution < 1.29 is 4.74 Å². The molecule has 12 rings (SSSR count). The van der Waals surface area contributed by atoms with Crippen LogP contribution in [0.5, 0.6) is 11.5 Å². The van der Waals surface area contributed by atoms with Gasteiger partial charge in [-0.05, 0) is 144 Å². The van der Waals surface area contributed by atoms with Gasteiger partial charge in [0, 0.05) is 39.0 Å². The summed E-state index contributed by atoms with van der Waals surface area (Å²) < 4.78 is 6.39. The second-order valence-corrected chi connectivity index (χ2v) is 18.9. The van der Waals surface area contributed by atoms with Crippen LogP contribution in [0.15, 0.2) is 224 Å². The summed E-state index contributed by atoms with van der Waals surface area (Å²) in [6.45, 7) is 9.34. The van der Waals surface area contributed by atoms with Crippen molar-refractivity contribution in [1.82, 2.24) is 0 Å². The zero-order valence-corrected chi connectivity index (χ0v) is 37.7. The van der Waals surface area contributed by atoms with Crippen LogP contribution in [0.25, 0.3) is 66.4 Å². The lowest BCUT2D eigenvalue weighted by Gasteiger charge is -2.34. The molecule has 0 N–H and O–H groups in total. The van der Waals surface area contributed by atoms with Crippen molar-refractivity contribution in [1.29, 1.82) is 0 Å². The summed E-state index contributed by atoms with van der Waals surface area (Å²) in [7, 11) is 0. The maximum atomic E-state index is 6.39. The van der Waals surface area contributed by atoms with Crippen molar-refractivity contribution in [2.75, 3.05) is 4.90 Å². The van der Waals surface area contributed by atoms with Crippen LogP contribution < -0.4 is 9.64 Å². The minimum Gasteiger partial charge on any atom is -0.457 e. The minimum atomic E-state index is -0.182. The summed E-state index contributed by atoms with van der Waals surface area (Å²) >= 11 is 0. The predicted octanol–water partition coefficient (Wildman–Crippen LogP) is 17.7. The van der Waals surface area contributed by atoms with Crippen molar-refractivity contribution >= 4 is 27.8 Å². The SMILES string of the molecule is CC1(C)c2ccccc2Oc2ccc(-c3ccc(N(c4ccc(-c5ccccc5)cc4)c4ccc(-c5ccc6c(c5)C(C)(C)c5cc(-c7cccc8ccccc78)ccc5-6)cc4)cc3)cc21. The fraction of sp³-hybridized carbons (Fsp3) is 0.0938. The van der Waals surface area contributed by atoms with Crippen LogP contribution in [0.1, 0.15) is 49.9 Å². The number of hydrogen-bond donors (Lipinski definition) is 0. The van der Waals surface area contributed by atoms with Gasteiger partial charge in [-0.15, -0.1) is 0 Å². The van der Waals surface area contributed by atoms with Gasteiger partial charge in [-0.2, -0.15) is 0 Å². The van der Waals surface area contributed by atoms with Crippen LogP contribution in [0, 0.1) is 0 Å². The van der Waals surface area contributed by atoms with Crippen molar-refractivity contribution in [2.45, 2.75) is 38.5 Å². The summed E-state index contributed by atoms with van der Waals surface area (Å²) in [6.07, 6.45) is 0. The first-order valence-corrected chi connectivity index (χ1v) is 23.1. The predicted molar refractivity (Wildman–Crippen MR) is 277 cm³/mol. The molecule has 2 heteroatoms. The number of benzene rings is 10. The van der Waals surface area contributed by atoms with Crippen LogP contribution in [-0.2, 0) is 10.8 Å². The molecule has 0 radical (unpaired) electrons. The molecule has 1 aliphatic heterocycles. The first kappa shape index (κ1) is 39.6. The van der Waals surface area contributed by atoms with Crippen LogP contribution in [0.3, 0.4) is 0 Å². The van der Waals surface area contributed by atoms with E-state index in [1.54, 1.807) is 0 Å². The lowest BCUT2D eigenvalue weighted by molar-refractivity contribution is 0.418. The van der Waals surface area contributed by atoms with Gasteiger partial charge < -0.3 is 9.64 Å². The van der Waals surface area contributed by atoms with Gasteiger partial charge in [-0.25, -0.2) is 0 Å². The molecule has 0 fully saturated rings. The fourth-order valence-electron chi connectivity index (χ4n) is 10.7. The molecule has 0 unspecified atom stereocenters. The van der Waals surface area contributed by atoms with Gasteiger partial charge in [0.25, 0.3) is 0 Å². The highest BCUT2D eigenvalue weighted by atomic mass is 16.5. The third-order valence-corrected chi connectivity index (χ3v) is 14.4. The molecule has 0 aromatic heterocycles. The summed E-state index contributed by atoms with van der Waals surface area (Å²) in [5.74, 6) is 1.86. The van der Waals surface area contributed by atoms with E-state index in [-0.39, 0.29) is 10.8 Å². The van der Waals surface area contributed by atoms with Crippen molar-refractivity contribution in [3.05, 3.63) is 247 Å². The molecule has 10 aromatic rings. The van der Waals surface area contributed by atoms with Gasteiger partial charge in [-0.3, -0.25) is 0 Å². The van der Waals surface area contributed by atoms with E-state index in [1.165, 1.54) is 83.1 Å². The maximum absolute atomic E-state index is 6.39. The third kappa shape index (κ3) is 6.55. The van der Waals surface area contributed by atoms with E-state index >= 15 is 0 Å². The Bertz CT molecular complexity index is 3470. The molecular formula is C64H49NO. The number of nitrogens with zero attached hydrogens (tertiary/aromatic N) is 1. The van der Waals surface area contributed by atoms with Gasteiger partial charge in [0.15, 0.2) is 0 Å². The lowest BCUT2D eigenvalue weighted by Crippen LogP contribution is -2.24. The van der Waals surface area contributed by atoms with E-state index in [4.69, 9.17) is 4.74 Å². The Kier molecular flexibility index (Phi) is 9.22. The van der Waals surface area contributed by atoms with Crippen molar-refractivity contribution in [2.24, 2.45) is 0 Å². The smallest absolute Gasteiger partial charge is 0.131 e. The molecule has 1 heterocycles. The Morgan fingerprint density at radius 2 is 0.742 bits per heavy atom. The highest BCUT2D eigenvalue weighted by Gasteiger charge is 2.36. The Balaban J connectivity index is 0.870. The maximum Gasteiger partial charge on any atom is 0.131 e. The number of ether oxygens (including phenoxy) is 1. The molecule has 0 amide bonds. The van der Waals surface area contributed by atoms with E-state index in [9.17, 15) is 0 Å². The Labute approximate surface area is 388 Å². The van der Waals surface area contributed by atoms with E-state index in [2.05, 4.69) is 251 Å². The Hall–Kier alpha value is -7.94. The average Bonchev–Trinajstić information content (AvgIpc) is 3.59. The molecule has 0 saturated carbocycles. The van der Waals surface area contributed by atoms with Crippen LogP contribution >= 0.6 is 0 Å². The Morgan fingerprint density at radius 1 is 0.303 bits per heavy atom. The van der Waals surface area contributed by atoms with E-state index in [0.717, 1.165) is 34.1 Å². The van der Waals surface area contributed by atoms with Gasteiger partial charge in [0.1, 0.15) is 11.5 Å². The van der Waals surface area contributed by atoms with E-state index in [0.29, 0.717) is 0 Å². The normalized spacial score (nSPS) is 13.8. The molecule has 0 atom stereocenters. The Morgan fingerprint density at radius 3 is 1.39 bits per heavy atom. The third-order valence-electron chi connectivity index (χ3n) is 14.4. The molecule has 10 aromatic carbocycles. The minimum absolute atomic E-state index is 0.148. The van der Waals surface area contributed by atoms with Gasteiger partial charge >= 0.3 is 0 Å². The fourth-order valence-corrected chi connectivity index (χ4v) is 10.7. The highest BCUT2D eigenvalue weighted by molar-refractivity contribution is 5.98. The van der Waals surface area contributed by atoms with Crippen LogP contribution in [0.4, 0.5) is 17.1 Å². The molecule has 316 valence electrons. The average molecular weight is 848 g/mol. The number of fused-ring (bicyclic) bond motifs is 6. The standard InChI is InChI=1S/C64H49NO/c1-63(2)57-19-10-11-20-61(57)66-62-38-29-48(40-60(62)63)45-25-34-52(35-26-45)65(50-30-21-43(22-31-50)42-13-6-5-7-14-42)51-32-23-44(24-33-51)47-27-36-55-56-37-28-49(41-59(56)64(3,4)58(55)39-47)54-18-12-16-46-15-8-9-17-53(46)54/h5-41H,1-4H3. The number of hydrogen-bond acceptors (Lipinski definition) is 2. The molecule has 0 saturated heterocycles. The summed E-state index contributed by atoms with van der Waals surface area (Å²) in [5.41, 5.74) is 20.5. The van der Waals surface area contributed by atoms with Crippen LogP contribution in [0.2, 0.25) is 0 Å². The van der Waals surface area contributed by atoms with Gasteiger partial charge in [0.2, 0.25) is 0 Å². The summed E-state index contributed by atoms with van der Waals surface area (Å²) in [6, 6.07) is 82.0. The number of para-hydroxylation sites is 1. The topological polar surface area (TPSA) is 12.5 Å². The van der Waals surface area contributed by atoms with Gasteiger partial charge in [-0.1, -0.05) is 185 Å².